The van der Waals surface area contributed by atoms with E-state index in [4.69, 9.17) is 0 Å². The summed E-state index contributed by atoms with van der Waals surface area (Å²) in [5.41, 5.74) is 2.82. The number of rotatable bonds is 3. The van der Waals surface area contributed by atoms with Gasteiger partial charge in [0.1, 0.15) is 0 Å². The summed E-state index contributed by atoms with van der Waals surface area (Å²) in [6.07, 6.45) is -2.32. The Bertz CT molecular complexity index is 408. The number of hydrogen-bond acceptors (Lipinski definition) is 3. The standard InChI is InChI=1S/C13H19F3N2S/c1-8-12(19-7-17-8)9(2)18-11-5-3-10(4-6-11)13(14,15)16/h7,9-11,18H,3-6H2,1-2H3. The molecule has 0 saturated heterocycles. The van der Waals surface area contributed by atoms with Gasteiger partial charge in [0.25, 0.3) is 0 Å². The number of aryl methyl sites for hydroxylation is 1. The van der Waals surface area contributed by atoms with Gasteiger partial charge in [0.05, 0.1) is 17.1 Å². The van der Waals surface area contributed by atoms with Gasteiger partial charge in [-0.15, -0.1) is 11.3 Å². The van der Waals surface area contributed by atoms with Crippen molar-refractivity contribution in [2.45, 2.75) is 57.8 Å². The Morgan fingerprint density at radius 3 is 2.42 bits per heavy atom. The van der Waals surface area contributed by atoms with Crippen molar-refractivity contribution in [3.05, 3.63) is 16.1 Å². The Morgan fingerprint density at radius 2 is 1.95 bits per heavy atom. The lowest BCUT2D eigenvalue weighted by atomic mass is 9.85. The van der Waals surface area contributed by atoms with E-state index in [1.165, 1.54) is 4.88 Å². The van der Waals surface area contributed by atoms with Crippen LogP contribution >= 0.6 is 11.3 Å². The lowest BCUT2D eigenvalue weighted by Crippen LogP contribution is -2.38. The second-order valence-corrected chi connectivity index (χ2v) is 6.17. The van der Waals surface area contributed by atoms with Crippen LogP contribution in [-0.2, 0) is 0 Å². The summed E-state index contributed by atoms with van der Waals surface area (Å²) < 4.78 is 37.7. The molecule has 1 heterocycles. The number of thiazole rings is 1. The molecule has 1 N–H and O–H groups in total. The molecule has 1 aliphatic carbocycles. The van der Waals surface area contributed by atoms with E-state index in [0.29, 0.717) is 12.8 Å². The zero-order valence-corrected chi connectivity index (χ0v) is 11.9. The summed E-state index contributed by atoms with van der Waals surface area (Å²) >= 11 is 1.60. The summed E-state index contributed by atoms with van der Waals surface area (Å²) in [4.78, 5) is 5.38. The highest BCUT2D eigenvalue weighted by Gasteiger charge is 2.41. The van der Waals surface area contributed by atoms with E-state index in [1.54, 1.807) is 11.3 Å². The molecule has 108 valence electrons. The number of alkyl halides is 3. The Hall–Kier alpha value is -0.620. The maximum Gasteiger partial charge on any atom is 0.391 e. The van der Waals surface area contributed by atoms with Gasteiger partial charge in [-0.2, -0.15) is 13.2 Å². The van der Waals surface area contributed by atoms with Crippen LogP contribution in [0.15, 0.2) is 5.51 Å². The molecule has 0 amide bonds. The Kier molecular flexibility index (Phi) is 4.50. The predicted molar refractivity (Wildman–Crippen MR) is 70.2 cm³/mol. The molecule has 2 nitrogen and oxygen atoms in total. The van der Waals surface area contributed by atoms with Crippen molar-refractivity contribution < 1.29 is 13.2 Å². The van der Waals surface area contributed by atoms with Gasteiger partial charge in [0.2, 0.25) is 0 Å². The van der Waals surface area contributed by atoms with Gasteiger partial charge in [0, 0.05) is 17.0 Å². The molecule has 0 radical (unpaired) electrons. The Morgan fingerprint density at radius 1 is 1.32 bits per heavy atom. The molecular formula is C13H19F3N2S. The van der Waals surface area contributed by atoms with Crippen molar-refractivity contribution in [3.63, 3.8) is 0 Å². The molecule has 1 saturated carbocycles. The van der Waals surface area contributed by atoms with Gasteiger partial charge in [-0.3, -0.25) is 0 Å². The van der Waals surface area contributed by atoms with Gasteiger partial charge in [-0.1, -0.05) is 0 Å². The fraction of sp³-hybridized carbons (Fsp3) is 0.769. The normalized spacial score (nSPS) is 26.4. The summed E-state index contributed by atoms with van der Waals surface area (Å²) in [7, 11) is 0. The minimum Gasteiger partial charge on any atom is -0.307 e. The van der Waals surface area contributed by atoms with Gasteiger partial charge in [-0.25, -0.2) is 4.98 Å². The zero-order chi connectivity index (χ0) is 14.0. The zero-order valence-electron chi connectivity index (χ0n) is 11.1. The molecule has 6 heteroatoms. The van der Waals surface area contributed by atoms with Gasteiger partial charge < -0.3 is 5.32 Å². The van der Waals surface area contributed by atoms with E-state index in [0.717, 1.165) is 5.69 Å². The van der Waals surface area contributed by atoms with E-state index >= 15 is 0 Å². The molecule has 1 unspecified atom stereocenters. The first-order chi connectivity index (χ1) is 8.88. The second-order valence-electron chi connectivity index (χ2n) is 5.28. The summed E-state index contributed by atoms with van der Waals surface area (Å²) in [5, 5.41) is 3.44. The fourth-order valence-corrected chi connectivity index (χ4v) is 3.56. The van der Waals surface area contributed by atoms with Crippen LogP contribution in [0.4, 0.5) is 13.2 Å². The first-order valence-corrected chi connectivity index (χ1v) is 7.48. The second kappa shape index (κ2) is 5.79. The lowest BCUT2D eigenvalue weighted by Gasteiger charge is -2.32. The Balaban J connectivity index is 1.85. The van der Waals surface area contributed by atoms with Gasteiger partial charge in [-0.05, 0) is 39.5 Å². The molecule has 0 aromatic carbocycles. The average molecular weight is 292 g/mol. The minimum absolute atomic E-state index is 0.167. The maximum absolute atomic E-state index is 12.6. The van der Waals surface area contributed by atoms with Crippen LogP contribution in [0.25, 0.3) is 0 Å². The predicted octanol–water partition coefficient (Wildman–Crippen LogP) is 4.22. The van der Waals surface area contributed by atoms with Crippen molar-refractivity contribution in [2.24, 2.45) is 5.92 Å². The monoisotopic (exact) mass is 292 g/mol. The van der Waals surface area contributed by atoms with Crippen LogP contribution in [0.5, 0.6) is 0 Å². The van der Waals surface area contributed by atoms with Gasteiger partial charge in [0.15, 0.2) is 0 Å². The van der Waals surface area contributed by atoms with E-state index in [1.807, 2.05) is 12.4 Å². The third kappa shape index (κ3) is 3.69. The lowest BCUT2D eigenvalue weighted by molar-refractivity contribution is -0.182. The molecule has 0 bridgehead atoms. The van der Waals surface area contributed by atoms with Crippen molar-refractivity contribution >= 4 is 11.3 Å². The quantitative estimate of drug-likeness (QED) is 0.902. The third-order valence-corrected chi connectivity index (χ3v) is 4.97. The Labute approximate surface area is 115 Å². The number of nitrogens with one attached hydrogen (secondary N) is 1. The van der Waals surface area contributed by atoms with Crippen molar-refractivity contribution in [3.8, 4) is 0 Å². The van der Waals surface area contributed by atoms with E-state index in [-0.39, 0.29) is 24.9 Å². The van der Waals surface area contributed by atoms with Crippen molar-refractivity contribution in [1.29, 1.82) is 0 Å². The molecule has 1 atom stereocenters. The highest BCUT2D eigenvalue weighted by Crippen LogP contribution is 2.38. The average Bonchev–Trinajstić information content (AvgIpc) is 2.75. The summed E-state index contributed by atoms with van der Waals surface area (Å²) in [6.45, 7) is 4.01. The van der Waals surface area contributed by atoms with Crippen LogP contribution in [0.2, 0.25) is 0 Å². The molecule has 1 aromatic rings. The number of aromatic nitrogens is 1. The smallest absolute Gasteiger partial charge is 0.307 e. The molecule has 1 aliphatic rings. The fourth-order valence-electron chi connectivity index (χ4n) is 2.74. The first kappa shape index (κ1) is 14.8. The molecule has 19 heavy (non-hydrogen) atoms. The maximum atomic E-state index is 12.6. The van der Waals surface area contributed by atoms with Crippen LogP contribution in [-0.4, -0.2) is 17.2 Å². The molecular weight excluding hydrogens is 273 g/mol. The highest BCUT2D eigenvalue weighted by atomic mass is 32.1. The summed E-state index contributed by atoms with van der Waals surface area (Å²) in [6, 6.07) is 0.357. The topological polar surface area (TPSA) is 24.9 Å². The summed E-state index contributed by atoms with van der Waals surface area (Å²) in [5.74, 6) is -1.11. The number of nitrogens with zero attached hydrogens (tertiary/aromatic N) is 1. The van der Waals surface area contributed by atoms with Crippen molar-refractivity contribution in [2.75, 3.05) is 0 Å². The van der Waals surface area contributed by atoms with Crippen molar-refractivity contribution in [1.82, 2.24) is 10.3 Å². The number of hydrogen-bond donors (Lipinski definition) is 1. The molecule has 1 fully saturated rings. The molecule has 0 aliphatic heterocycles. The SMILES string of the molecule is Cc1ncsc1C(C)NC1CCC(C(F)(F)F)CC1. The molecule has 0 spiro atoms. The van der Waals surface area contributed by atoms with E-state index < -0.39 is 12.1 Å². The van der Waals surface area contributed by atoms with Crippen LogP contribution in [0.3, 0.4) is 0 Å². The van der Waals surface area contributed by atoms with Crippen LogP contribution in [0.1, 0.15) is 49.2 Å². The van der Waals surface area contributed by atoms with Gasteiger partial charge >= 0.3 is 6.18 Å². The number of halogens is 3. The third-order valence-electron chi connectivity index (χ3n) is 3.85. The largest absolute Gasteiger partial charge is 0.391 e. The van der Waals surface area contributed by atoms with E-state index in [2.05, 4.69) is 17.2 Å². The highest BCUT2D eigenvalue weighted by molar-refractivity contribution is 7.09. The molecule has 1 aromatic heterocycles. The van der Waals surface area contributed by atoms with Crippen LogP contribution < -0.4 is 5.32 Å². The van der Waals surface area contributed by atoms with Crippen LogP contribution in [0, 0.1) is 12.8 Å². The minimum atomic E-state index is -4.02. The first-order valence-electron chi connectivity index (χ1n) is 6.60. The van der Waals surface area contributed by atoms with E-state index in [9.17, 15) is 13.2 Å². The molecule has 2 rings (SSSR count).